The summed E-state index contributed by atoms with van der Waals surface area (Å²) in [7, 11) is 3.41. The third kappa shape index (κ3) is 4.04. The summed E-state index contributed by atoms with van der Waals surface area (Å²) in [6.07, 6.45) is 1.58. The largest absolute Gasteiger partial charge is 0.497 e. The molecule has 0 atom stereocenters. The van der Waals surface area contributed by atoms with Crippen molar-refractivity contribution in [2.45, 2.75) is 6.92 Å². The fourth-order valence-electron chi connectivity index (χ4n) is 3.14. The molecule has 1 amide bonds. The molecule has 1 aliphatic heterocycles. The molecule has 4 rings (SSSR count). The van der Waals surface area contributed by atoms with Gasteiger partial charge in [0.05, 0.1) is 30.5 Å². The lowest BCUT2D eigenvalue weighted by Gasteiger charge is -2.08. The van der Waals surface area contributed by atoms with Crippen molar-refractivity contribution in [2.75, 3.05) is 12.9 Å². The van der Waals surface area contributed by atoms with E-state index in [1.807, 2.05) is 61.5 Å². The summed E-state index contributed by atoms with van der Waals surface area (Å²) < 4.78 is 8.46. The second kappa shape index (κ2) is 8.65. The molecule has 9 heteroatoms. The van der Waals surface area contributed by atoms with Crippen LogP contribution < -0.4 is 10.3 Å². The first-order valence-corrected chi connectivity index (χ1v) is 10.5. The number of aliphatic imine (C=N–C) groups is 1. The van der Waals surface area contributed by atoms with Gasteiger partial charge < -0.3 is 4.74 Å². The lowest BCUT2D eigenvalue weighted by atomic mass is 10.2. The van der Waals surface area contributed by atoms with Crippen LogP contribution in [0.5, 0.6) is 5.75 Å². The van der Waals surface area contributed by atoms with Crippen LogP contribution in [0.25, 0.3) is 5.69 Å². The smallest absolute Gasteiger partial charge is 0.297 e. The summed E-state index contributed by atoms with van der Waals surface area (Å²) in [5.41, 5.74) is 2.28. The molecule has 0 bridgehead atoms. The number of benzene rings is 2. The molecule has 1 saturated heterocycles. The van der Waals surface area contributed by atoms with E-state index in [0.717, 1.165) is 17.0 Å². The molecule has 0 aliphatic carbocycles. The Balaban J connectivity index is 1.68. The van der Waals surface area contributed by atoms with E-state index >= 15 is 0 Å². The Hall–Kier alpha value is -3.59. The molecule has 0 spiro atoms. The van der Waals surface area contributed by atoms with Crippen molar-refractivity contribution in [3.8, 4) is 11.4 Å². The number of amides is 1. The maximum absolute atomic E-state index is 13.1. The van der Waals surface area contributed by atoms with Crippen LogP contribution in [0.2, 0.25) is 0 Å². The molecule has 0 radical (unpaired) electrons. The highest BCUT2D eigenvalue weighted by Crippen LogP contribution is 2.25. The number of carbonyl (C=O) groups is 1. The van der Waals surface area contributed by atoms with Crippen LogP contribution in [0.3, 0.4) is 0 Å². The average Bonchev–Trinajstić information content (AvgIpc) is 3.24. The second-order valence-corrected chi connectivity index (χ2v) is 7.76. The van der Waals surface area contributed by atoms with Gasteiger partial charge in [0.2, 0.25) is 0 Å². The quantitative estimate of drug-likeness (QED) is 0.577. The number of amidine groups is 1. The minimum absolute atomic E-state index is 0.189. The van der Waals surface area contributed by atoms with Crippen molar-refractivity contribution in [3.63, 3.8) is 0 Å². The number of hydrazone groups is 1. The molecule has 1 fully saturated rings. The highest BCUT2D eigenvalue weighted by Gasteiger charge is 2.29. The monoisotopic (exact) mass is 435 g/mol. The summed E-state index contributed by atoms with van der Waals surface area (Å²) in [4.78, 5) is 30.0. The van der Waals surface area contributed by atoms with E-state index in [2.05, 4.69) is 10.1 Å². The van der Waals surface area contributed by atoms with E-state index < -0.39 is 0 Å². The van der Waals surface area contributed by atoms with Gasteiger partial charge in [-0.05, 0) is 48.9 Å². The summed E-state index contributed by atoms with van der Waals surface area (Å²) in [6, 6.07) is 16.7. The first-order chi connectivity index (χ1) is 15.0. The highest BCUT2D eigenvalue weighted by atomic mass is 32.2. The highest BCUT2D eigenvalue weighted by molar-refractivity contribution is 8.15. The number of ether oxygens (including phenoxy) is 1. The first-order valence-electron chi connectivity index (χ1n) is 9.56. The number of carbonyl (C=O) groups excluding carboxylic acids is 1. The molecule has 3 aromatic rings. The minimum Gasteiger partial charge on any atom is -0.497 e. The Morgan fingerprint density at radius 3 is 2.45 bits per heavy atom. The van der Waals surface area contributed by atoms with Gasteiger partial charge in [-0.3, -0.25) is 14.3 Å². The van der Waals surface area contributed by atoms with Crippen LogP contribution in [-0.4, -0.2) is 44.5 Å². The van der Waals surface area contributed by atoms with E-state index in [4.69, 9.17) is 4.74 Å². The van der Waals surface area contributed by atoms with Crippen molar-refractivity contribution in [1.82, 2.24) is 14.4 Å². The molecule has 31 heavy (non-hydrogen) atoms. The molecule has 158 valence electrons. The Labute approximate surface area is 183 Å². The molecule has 1 aromatic heterocycles. The fraction of sp³-hybridized carbons (Fsp3) is 0.182. The molecular formula is C22H21N5O3S. The van der Waals surface area contributed by atoms with E-state index in [1.54, 1.807) is 29.7 Å². The van der Waals surface area contributed by atoms with E-state index in [1.165, 1.54) is 16.8 Å². The lowest BCUT2D eigenvalue weighted by Crippen LogP contribution is -2.24. The zero-order chi connectivity index (χ0) is 22.0. The molecule has 0 saturated carbocycles. The van der Waals surface area contributed by atoms with Gasteiger partial charge in [0.15, 0.2) is 10.9 Å². The third-order valence-corrected chi connectivity index (χ3v) is 5.83. The predicted molar refractivity (Wildman–Crippen MR) is 123 cm³/mol. The number of hydrogen-bond donors (Lipinski definition) is 0. The lowest BCUT2D eigenvalue weighted by molar-refractivity contribution is -0.124. The van der Waals surface area contributed by atoms with Crippen LogP contribution in [-0.2, 0) is 11.8 Å². The van der Waals surface area contributed by atoms with Crippen LogP contribution in [0.4, 0.5) is 5.69 Å². The number of para-hydroxylation sites is 1. The number of nitrogens with zero attached hydrogens (tertiary/aromatic N) is 5. The van der Waals surface area contributed by atoms with Gasteiger partial charge in [-0.25, -0.2) is 9.67 Å². The number of thioether (sulfide) groups is 1. The first kappa shape index (κ1) is 20.7. The molecule has 0 unspecified atom stereocenters. The van der Waals surface area contributed by atoms with Crippen molar-refractivity contribution in [2.24, 2.45) is 17.1 Å². The topological polar surface area (TPSA) is 81.2 Å². The van der Waals surface area contributed by atoms with Gasteiger partial charge in [0.1, 0.15) is 5.75 Å². The predicted octanol–water partition coefficient (Wildman–Crippen LogP) is 3.09. The molecule has 0 N–H and O–H groups in total. The standard InChI is InChI=1S/C22H21N5O3S/c1-15-20(21(29)27(25(15)2)17-7-5-4-6-8-17)24-22-26(19(28)14-31-22)23-13-16-9-11-18(30-3)12-10-16/h4-13H,14H2,1-3H3/b23-13-,24-22?. The Morgan fingerprint density at radius 1 is 1.06 bits per heavy atom. The Bertz CT molecular complexity index is 1230. The van der Waals surface area contributed by atoms with Crippen LogP contribution in [0.1, 0.15) is 11.3 Å². The van der Waals surface area contributed by atoms with Gasteiger partial charge in [-0.15, -0.1) is 0 Å². The van der Waals surface area contributed by atoms with Gasteiger partial charge in [-0.1, -0.05) is 30.0 Å². The summed E-state index contributed by atoms with van der Waals surface area (Å²) in [5.74, 6) is 0.768. The Morgan fingerprint density at radius 2 is 1.77 bits per heavy atom. The second-order valence-electron chi connectivity index (χ2n) is 6.82. The normalized spacial score (nSPS) is 15.4. The van der Waals surface area contributed by atoms with Gasteiger partial charge in [-0.2, -0.15) is 10.1 Å². The molecular weight excluding hydrogens is 414 g/mol. The third-order valence-electron chi connectivity index (χ3n) is 4.91. The Kier molecular flexibility index (Phi) is 5.77. The minimum atomic E-state index is -0.252. The SMILES string of the molecule is COc1ccc(/C=N\N2C(=O)CSC2=Nc2c(C)n(C)n(-c3ccccc3)c2=O)cc1. The molecule has 8 nitrogen and oxygen atoms in total. The van der Waals surface area contributed by atoms with Crippen LogP contribution >= 0.6 is 11.8 Å². The van der Waals surface area contributed by atoms with E-state index in [0.29, 0.717) is 10.9 Å². The van der Waals surface area contributed by atoms with Gasteiger partial charge in [0.25, 0.3) is 11.5 Å². The number of aromatic nitrogens is 2. The zero-order valence-electron chi connectivity index (χ0n) is 17.3. The maximum atomic E-state index is 13.1. The molecule has 2 aromatic carbocycles. The van der Waals surface area contributed by atoms with Crippen molar-refractivity contribution in [1.29, 1.82) is 0 Å². The van der Waals surface area contributed by atoms with Crippen LogP contribution in [0, 0.1) is 6.92 Å². The average molecular weight is 436 g/mol. The van der Waals surface area contributed by atoms with Gasteiger partial charge in [0, 0.05) is 7.05 Å². The van der Waals surface area contributed by atoms with Crippen molar-refractivity contribution < 1.29 is 9.53 Å². The number of methoxy groups -OCH3 is 1. The van der Waals surface area contributed by atoms with Gasteiger partial charge >= 0.3 is 0 Å². The fourth-order valence-corrected chi connectivity index (χ4v) is 3.94. The van der Waals surface area contributed by atoms with Crippen molar-refractivity contribution in [3.05, 3.63) is 76.2 Å². The van der Waals surface area contributed by atoms with E-state index in [-0.39, 0.29) is 22.9 Å². The zero-order valence-corrected chi connectivity index (χ0v) is 18.2. The van der Waals surface area contributed by atoms with E-state index in [9.17, 15) is 9.59 Å². The summed E-state index contributed by atoms with van der Waals surface area (Å²) in [6.45, 7) is 1.83. The molecule has 2 heterocycles. The summed E-state index contributed by atoms with van der Waals surface area (Å²) >= 11 is 1.26. The van der Waals surface area contributed by atoms with Crippen molar-refractivity contribution >= 4 is 34.7 Å². The summed E-state index contributed by atoms with van der Waals surface area (Å²) in [5, 5.41) is 5.92. The molecule has 1 aliphatic rings. The number of rotatable bonds is 5. The maximum Gasteiger partial charge on any atom is 0.297 e. The van der Waals surface area contributed by atoms with Crippen LogP contribution in [0.15, 0.2) is 69.5 Å². The number of hydrogen-bond acceptors (Lipinski definition) is 6.